The van der Waals surface area contributed by atoms with Crippen LogP contribution in [0.25, 0.3) is 10.9 Å². The molecule has 6 nitrogen and oxygen atoms in total. The second-order valence-electron chi connectivity index (χ2n) is 4.62. The van der Waals surface area contributed by atoms with Crippen molar-refractivity contribution in [3.8, 4) is 0 Å². The Hall–Kier alpha value is -2.50. The van der Waals surface area contributed by atoms with Gasteiger partial charge < -0.3 is 10.3 Å². The number of carbonyl (C=O) groups excluding carboxylic acids is 2. The lowest BCUT2D eigenvalue weighted by atomic mass is 10.1. The first kappa shape index (κ1) is 11.6. The number of anilines is 2. The third-order valence-electron chi connectivity index (χ3n) is 3.39. The van der Waals surface area contributed by atoms with Crippen molar-refractivity contribution in [2.45, 2.75) is 6.42 Å². The predicted octanol–water partition coefficient (Wildman–Crippen LogP) is 1.21. The van der Waals surface area contributed by atoms with Crippen LogP contribution in [0.3, 0.4) is 0 Å². The van der Waals surface area contributed by atoms with E-state index in [-0.39, 0.29) is 11.9 Å². The normalized spacial score (nSPS) is 15.9. The lowest BCUT2D eigenvalue weighted by molar-refractivity contribution is -0.120. The molecule has 1 aliphatic heterocycles. The fourth-order valence-corrected chi connectivity index (χ4v) is 2.43. The molecule has 0 unspecified atom stereocenters. The van der Waals surface area contributed by atoms with Gasteiger partial charge >= 0.3 is 6.03 Å². The number of aromatic nitrogens is 1. The first-order valence-corrected chi connectivity index (χ1v) is 6.03. The van der Waals surface area contributed by atoms with Gasteiger partial charge in [0.15, 0.2) is 0 Å². The Balaban J connectivity index is 2.15. The average molecular weight is 258 g/mol. The molecule has 1 aromatic heterocycles. The van der Waals surface area contributed by atoms with Crippen LogP contribution in [0.4, 0.5) is 16.2 Å². The summed E-state index contributed by atoms with van der Waals surface area (Å²) < 4.78 is 1.92. The van der Waals surface area contributed by atoms with Crippen LogP contribution >= 0.6 is 0 Å². The molecule has 6 heteroatoms. The Morgan fingerprint density at radius 3 is 2.79 bits per heavy atom. The number of rotatable bonds is 1. The average Bonchev–Trinajstić information content (AvgIpc) is 2.75. The highest BCUT2D eigenvalue weighted by Gasteiger charge is 2.26. The summed E-state index contributed by atoms with van der Waals surface area (Å²) in [6, 6.07) is 5.12. The highest BCUT2D eigenvalue weighted by atomic mass is 16.2. The smallest absolute Gasteiger partial charge is 0.328 e. The molecule has 19 heavy (non-hydrogen) atoms. The molecule has 0 aliphatic carbocycles. The van der Waals surface area contributed by atoms with Gasteiger partial charge in [-0.3, -0.25) is 15.0 Å². The first-order chi connectivity index (χ1) is 9.08. The molecule has 1 aliphatic rings. The van der Waals surface area contributed by atoms with Crippen molar-refractivity contribution in [3.63, 3.8) is 0 Å². The van der Waals surface area contributed by atoms with E-state index >= 15 is 0 Å². The molecule has 2 aromatic rings. The number of hydrogen-bond acceptors (Lipinski definition) is 3. The summed E-state index contributed by atoms with van der Waals surface area (Å²) in [7, 11) is 1.90. The van der Waals surface area contributed by atoms with Gasteiger partial charge in [0, 0.05) is 37.3 Å². The summed E-state index contributed by atoms with van der Waals surface area (Å²) in [5.74, 6) is -0.236. The van der Waals surface area contributed by atoms with Gasteiger partial charge in [-0.05, 0) is 18.2 Å². The van der Waals surface area contributed by atoms with Crippen LogP contribution in [0.5, 0.6) is 0 Å². The monoisotopic (exact) mass is 258 g/mol. The molecule has 0 atom stereocenters. The molecule has 1 aromatic carbocycles. The number of nitrogen functional groups attached to an aromatic ring is 1. The molecule has 2 heterocycles. The van der Waals surface area contributed by atoms with Crippen molar-refractivity contribution in [1.29, 1.82) is 0 Å². The molecular weight excluding hydrogens is 244 g/mol. The molecule has 0 spiro atoms. The van der Waals surface area contributed by atoms with E-state index in [1.54, 1.807) is 11.0 Å². The molecule has 3 N–H and O–H groups in total. The van der Waals surface area contributed by atoms with Crippen LogP contribution in [0.15, 0.2) is 24.4 Å². The molecule has 0 bridgehead atoms. The number of imide groups is 1. The molecule has 98 valence electrons. The number of hydrogen-bond donors (Lipinski definition) is 2. The topological polar surface area (TPSA) is 80.4 Å². The van der Waals surface area contributed by atoms with Crippen molar-refractivity contribution in [2.24, 2.45) is 7.05 Å². The van der Waals surface area contributed by atoms with E-state index in [0.29, 0.717) is 18.7 Å². The van der Waals surface area contributed by atoms with Gasteiger partial charge in [0.1, 0.15) is 0 Å². The molecule has 3 amide bonds. The Morgan fingerprint density at radius 2 is 2.05 bits per heavy atom. The van der Waals surface area contributed by atoms with E-state index in [4.69, 9.17) is 5.73 Å². The van der Waals surface area contributed by atoms with E-state index in [9.17, 15) is 9.59 Å². The van der Waals surface area contributed by atoms with Crippen molar-refractivity contribution in [3.05, 3.63) is 24.4 Å². The van der Waals surface area contributed by atoms with Gasteiger partial charge in [0.25, 0.3) is 0 Å². The number of nitrogens with two attached hydrogens (primary N) is 1. The molecule has 1 fully saturated rings. The number of carbonyl (C=O) groups is 2. The zero-order valence-electron chi connectivity index (χ0n) is 10.5. The summed E-state index contributed by atoms with van der Waals surface area (Å²) in [6.07, 6.45) is 2.21. The maximum absolute atomic E-state index is 11.9. The van der Waals surface area contributed by atoms with Gasteiger partial charge in [0.05, 0.1) is 11.2 Å². The van der Waals surface area contributed by atoms with Gasteiger partial charge in [-0.15, -0.1) is 0 Å². The Bertz CT molecular complexity index is 689. The highest BCUT2D eigenvalue weighted by molar-refractivity contribution is 6.10. The van der Waals surface area contributed by atoms with Crippen LogP contribution in [0.2, 0.25) is 0 Å². The lowest BCUT2D eigenvalue weighted by Gasteiger charge is -2.27. The highest BCUT2D eigenvalue weighted by Crippen LogP contribution is 2.32. The largest absolute Gasteiger partial charge is 0.398 e. The summed E-state index contributed by atoms with van der Waals surface area (Å²) in [5.41, 5.74) is 8.27. The number of urea groups is 1. The fourth-order valence-electron chi connectivity index (χ4n) is 2.43. The van der Waals surface area contributed by atoms with Crippen LogP contribution in [-0.4, -0.2) is 23.1 Å². The Kier molecular flexibility index (Phi) is 2.45. The number of aryl methyl sites for hydroxylation is 1. The van der Waals surface area contributed by atoms with E-state index in [0.717, 1.165) is 16.6 Å². The minimum Gasteiger partial charge on any atom is -0.398 e. The molecule has 0 radical (unpaired) electrons. The van der Waals surface area contributed by atoms with Gasteiger partial charge in [-0.2, -0.15) is 0 Å². The molecule has 1 saturated heterocycles. The first-order valence-electron chi connectivity index (χ1n) is 6.03. The van der Waals surface area contributed by atoms with Gasteiger partial charge in [0.2, 0.25) is 5.91 Å². The van der Waals surface area contributed by atoms with Crippen LogP contribution in [-0.2, 0) is 11.8 Å². The van der Waals surface area contributed by atoms with E-state index in [1.165, 1.54) is 0 Å². The summed E-state index contributed by atoms with van der Waals surface area (Å²) in [5, 5.41) is 3.23. The van der Waals surface area contributed by atoms with Crippen molar-refractivity contribution < 1.29 is 9.59 Å². The predicted molar refractivity (Wildman–Crippen MR) is 72.8 cm³/mol. The number of benzene rings is 1. The van der Waals surface area contributed by atoms with E-state index in [1.807, 2.05) is 29.9 Å². The van der Waals surface area contributed by atoms with E-state index in [2.05, 4.69) is 5.32 Å². The standard InChI is InChI=1S/C13H14N4O2/c1-16-6-4-8-9(14)2-3-10(12(8)16)17-7-5-11(18)15-13(17)19/h2-4,6H,5,7,14H2,1H3,(H,15,18,19). The quantitative estimate of drug-likeness (QED) is 0.754. The number of fused-ring (bicyclic) bond motifs is 1. The maximum atomic E-state index is 11.9. The number of nitrogens with one attached hydrogen (secondary N) is 1. The van der Waals surface area contributed by atoms with Crippen LogP contribution in [0, 0.1) is 0 Å². The third-order valence-corrected chi connectivity index (χ3v) is 3.39. The molecular formula is C13H14N4O2. The zero-order valence-corrected chi connectivity index (χ0v) is 10.5. The molecule has 0 saturated carbocycles. The minimum atomic E-state index is -0.386. The van der Waals surface area contributed by atoms with Gasteiger partial charge in [-0.25, -0.2) is 4.79 Å². The lowest BCUT2D eigenvalue weighted by Crippen LogP contribution is -2.49. The van der Waals surface area contributed by atoms with Crippen LogP contribution < -0.4 is 16.0 Å². The second-order valence-corrected chi connectivity index (χ2v) is 4.62. The maximum Gasteiger partial charge on any atom is 0.328 e. The van der Waals surface area contributed by atoms with Gasteiger partial charge in [-0.1, -0.05) is 0 Å². The van der Waals surface area contributed by atoms with Crippen molar-refractivity contribution in [2.75, 3.05) is 17.2 Å². The Morgan fingerprint density at radius 1 is 1.26 bits per heavy atom. The van der Waals surface area contributed by atoms with E-state index < -0.39 is 0 Å². The summed E-state index contributed by atoms with van der Waals surface area (Å²) in [6.45, 7) is 0.384. The zero-order chi connectivity index (χ0) is 13.6. The fraction of sp³-hybridized carbons (Fsp3) is 0.231. The second kappa shape index (κ2) is 4.01. The Labute approximate surface area is 109 Å². The summed E-state index contributed by atoms with van der Waals surface area (Å²) in [4.78, 5) is 24.7. The minimum absolute atomic E-state index is 0.236. The summed E-state index contributed by atoms with van der Waals surface area (Å²) >= 11 is 0. The molecule has 3 rings (SSSR count). The van der Waals surface area contributed by atoms with Crippen molar-refractivity contribution >= 4 is 34.2 Å². The van der Waals surface area contributed by atoms with Crippen molar-refractivity contribution in [1.82, 2.24) is 9.88 Å². The number of nitrogens with zero attached hydrogens (tertiary/aromatic N) is 2. The number of amides is 3. The SMILES string of the molecule is Cn1ccc2c(N)ccc(N3CCC(=O)NC3=O)c21. The van der Waals surface area contributed by atoms with Crippen LogP contribution in [0.1, 0.15) is 6.42 Å². The third kappa shape index (κ3) is 1.72.